The summed E-state index contributed by atoms with van der Waals surface area (Å²) in [6.45, 7) is 4.04. The SMILES string of the molecule is CSCCC(N)c1nc(C(=O)N2CCN(Cc3ccccc3)CC2)co1. The molecule has 1 aliphatic rings. The predicted octanol–water partition coefficient (Wildman–Crippen LogP) is 2.39. The van der Waals surface area contributed by atoms with Crippen LogP contribution in [0.3, 0.4) is 0 Å². The fourth-order valence-electron chi connectivity index (χ4n) is 3.04. The summed E-state index contributed by atoms with van der Waals surface area (Å²) in [6.07, 6.45) is 4.26. The average molecular weight is 375 g/mol. The highest BCUT2D eigenvalue weighted by Crippen LogP contribution is 2.17. The minimum atomic E-state index is -0.258. The van der Waals surface area contributed by atoms with E-state index in [4.69, 9.17) is 10.2 Å². The molecule has 0 radical (unpaired) electrons. The molecule has 2 N–H and O–H groups in total. The molecule has 0 bridgehead atoms. The normalized spacial score (nSPS) is 16.6. The number of carbonyl (C=O) groups is 1. The van der Waals surface area contributed by atoms with Crippen molar-refractivity contribution in [3.63, 3.8) is 0 Å². The van der Waals surface area contributed by atoms with Gasteiger partial charge in [-0.15, -0.1) is 0 Å². The molecule has 1 aromatic heterocycles. The highest BCUT2D eigenvalue weighted by Gasteiger charge is 2.25. The van der Waals surface area contributed by atoms with Gasteiger partial charge in [0.05, 0.1) is 6.04 Å². The molecule has 6 nitrogen and oxygen atoms in total. The van der Waals surface area contributed by atoms with Gasteiger partial charge >= 0.3 is 0 Å². The number of aromatic nitrogens is 1. The van der Waals surface area contributed by atoms with Gasteiger partial charge in [0, 0.05) is 32.7 Å². The molecule has 1 aromatic carbocycles. The van der Waals surface area contributed by atoms with Crippen LogP contribution in [-0.2, 0) is 6.54 Å². The van der Waals surface area contributed by atoms with Crippen molar-refractivity contribution < 1.29 is 9.21 Å². The zero-order valence-corrected chi connectivity index (χ0v) is 16.0. The third kappa shape index (κ3) is 4.87. The second kappa shape index (κ2) is 9.21. The Hall–Kier alpha value is -1.83. The molecular weight excluding hydrogens is 348 g/mol. The standard InChI is InChI=1S/C19H26N4O2S/c1-26-12-7-16(20)18-21-17(14-25-18)19(24)23-10-8-22(9-11-23)13-15-5-3-2-4-6-15/h2-6,14,16H,7-13,20H2,1H3. The quantitative estimate of drug-likeness (QED) is 0.802. The van der Waals surface area contributed by atoms with Crippen molar-refractivity contribution in [1.29, 1.82) is 0 Å². The van der Waals surface area contributed by atoms with Crippen LogP contribution in [0.1, 0.15) is 34.4 Å². The maximum absolute atomic E-state index is 12.7. The van der Waals surface area contributed by atoms with Gasteiger partial charge in [-0.2, -0.15) is 11.8 Å². The Morgan fingerprint density at radius 1 is 1.27 bits per heavy atom. The molecule has 0 aliphatic carbocycles. The van der Waals surface area contributed by atoms with Crippen LogP contribution in [0.15, 0.2) is 41.0 Å². The summed E-state index contributed by atoms with van der Waals surface area (Å²) < 4.78 is 5.43. The Balaban J connectivity index is 1.51. The number of oxazole rings is 1. The van der Waals surface area contributed by atoms with Crippen LogP contribution in [0.2, 0.25) is 0 Å². The third-order valence-corrected chi connectivity index (χ3v) is 5.24. The topological polar surface area (TPSA) is 75.6 Å². The van der Waals surface area contributed by atoms with Crippen LogP contribution in [0, 0.1) is 0 Å². The Morgan fingerprint density at radius 2 is 2.00 bits per heavy atom. The molecule has 1 aliphatic heterocycles. The third-order valence-electron chi connectivity index (χ3n) is 4.60. The molecule has 2 heterocycles. The maximum Gasteiger partial charge on any atom is 0.275 e. The van der Waals surface area contributed by atoms with E-state index in [1.807, 2.05) is 17.2 Å². The number of nitrogens with two attached hydrogens (primary N) is 1. The number of piperazine rings is 1. The monoisotopic (exact) mass is 374 g/mol. The van der Waals surface area contributed by atoms with E-state index in [2.05, 4.69) is 34.1 Å². The van der Waals surface area contributed by atoms with Gasteiger partial charge in [-0.3, -0.25) is 9.69 Å². The Kier molecular flexibility index (Phi) is 6.71. The maximum atomic E-state index is 12.7. The van der Waals surface area contributed by atoms with Crippen LogP contribution in [-0.4, -0.2) is 58.9 Å². The van der Waals surface area contributed by atoms with E-state index in [0.717, 1.165) is 31.8 Å². The number of rotatable bonds is 7. The van der Waals surface area contributed by atoms with Crippen molar-refractivity contribution in [2.24, 2.45) is 5.73 Å². The van der Waals surface area contributed by atoms with Gasteiger partial charge in [-0.25, -0.2) is 4.98 Å². The van der Waals surface area contributed by atoms with E-state index in [0.29, 0.717) is 24.7 Å². The summed E-state index contributed by atoms with van der Waals surface area (Å²) in [6, 6.07) is 10.2. The second-order valence-corrected chi connectivity index (χ2v) is 7.50. The molecule has 1 unspecified atom stereocenters. The zero-order valence-electron chi connectivity index (χ0n) is 15.1. The highest BCUT2D eigenvalue weighted by atomic mass is 32.2. The van der Waals surface area contributed by atoms with Crippen molar-refractivity contribution in [2.45, 2.75) is 19.0 Å². The zero-order chi connectivity index (χ0) is 18.4. The molecular formula is C19H26N4O2S. The molecule has 1 atom stereocenters. The molecule has 0 saturated carbocycles. The number of carbonyl (C=O) groups excluding carboxylic acids is 1. The summed E-state index contributed by atoms with van der Waals surface area (Å²) in [5, 5.41) is 0. The number of amides is 1. The van der Waals surface area contributed by atoms with Crippen LogP contribution < -0.4 is 5.73 Å². The van der Waals surface area contributed by atoms with Crippen molar-refractivity contribution in [3.05, 3.63) is 53.7 Å². The van der Waals surface area contributed by atoms with E-state index in [-0.39, 0.29) is 11.9 Å². The van der Waals surface area contributed by atoms with E-state index < -0.39 is 0 Å². The molecule has 0 spiro atoms. The lowest BCUT2D eigenvalue weighted by atomic mass is 10.2. The Labute approximate surface area is 158 Å². The van der Waals surface area contributed by atoms with Crippen molar-refractivity contribution in [1.82, 2.24) is 14.8 Å². The van der Waals surface area contributed by atoms with Gasteiger partial charge in [0.2, 0.25) is 5.89 Å². The second-order valence-electron chi connectivity index (χ2n) is 6.51. The summed E-state index contributed by atoms with van der Waals surface area (Å²) in [5.74, 6) is 1.32. The molecule has 26 heavy (non-hydrogen) atoms. The van der Waals surface area contributed by atoms with Gasteiger partial charge < -0.3 is 15.1 Å². The first-order chi connectivity index (χ1) is 12.7. The predicted molar refractivity (Wildman–Crippen MR) is 104 cm³/mol. The van der Waals surface area contributed by atoms with E-state index >= 15 is 0 Å². The minimum absolute atomic E-state index is 0.0728. The van der Waals surface area contributed by atoms with Gasteiger partial charge in [0.25, 0.3) is 5.91 Å². The van der Waals surface area contributed by atoms with Crippen LogP contribution >= 0.6 is 11.8 Å². The van der Waals surface area contributed by atoms with Crippen LogP contribution in [0.25, 0.3) is 0 Å². The fourth-order valence-corrected chi connectivity index (χ4v) is 3.53. The average Bonchev–Trinajstić information content (AvgIpc) is 3.17. The number of hydrogen-bond donors (Lipinski definition) is 1. The smallest absolute Gasteiger partial charge is 0.275 e. The lowest BCUT2D eigenvalue weighted by Crippen LogP contribution is -2.48. The van der Waals surface area contributed by atoms with E-state index in [9.17, 15) is 4.79 Å². The molecule has 140 valence electrons. The van der Waals surface area contributed by atoms with Crippen LogP contribution in [0.5, 0.6) is 0 Å². The van der Waals surface area contributed by atoms with E-state index in [1.54, 1.807) is 11.8 Å². The Morgan fingerprint density at radius 3 is 2.69 bits per heavy atom. The Bertz CT molecular complexity index is 699. The minimum Gasteiger partial charge on any atom is -0.446 e. The van der Waals surface area contributed by atoms with E-state index in [1.165, 1.54) is 11.8 Å². The fraction of sp³-hybridized carbons (Fsp3) is 0.474. The van der Waals surface area contributed by atoms with Crippen molar-refractivity contribution >= 4 is 17.7 Å². The lowest BCUT2D eigenvalue weighted by molar-refractivity contribution is 0.0622. The summed E-state index contributed by atoms with van der Waals surface area (Å²) in [4.78, 5) is 21.2. The largest absolute Gasteiger partial charge is 0.446 e. The van der Waals surface area contributed by atoms with Crippen molar-refractivity contribution in [2.75, 3.05) is 38.2 Å². The summed E-state index contributed by atoms with van der Waals surface area (Å²) in [5.41, 5.74) is 7.72. The molecule has 1 saturated heterocycles. The first kappa shape index (κ1) is 18.9. The molecule has 2 aromatic rings. The summed E-state index contributed by atoms with van der Waals surface area (Å²) in [7, 11) is 0. The number of nitrogens with zero attached hydrogens (tertiary/aromatic N) is 3. The molecule has 3 rings (SSSR count). The van der Waals surface area contributed by atoms with Gasteiger partial charge in [0.15, 0.2) is 5.69 Å². The summed E-state index contributed by atoms with van der Waals surface area (Å²) >= 11 is 1.73. The lowest BCUT2D eigenvalue weighted by Gasteiger charge is -2.34. The van der Waals surface area contributed by atoms with Crippen LogP contribution in [0.4, 0.5) is 0 Å². The first-order valence-electron chi connectivity index (χ1n) is 8.93. The number of hydrogen-bond acceptors (Lipinski definition) is 6. The molecule has 1 fully saturated rings. The molecule has 1 amide bonds. The number of benzene rings is 1. The van der Waals surface area contributed by atoms with Crippen molar-refractivity contribution in [3.8, 4) is 0 Å². The first-order valence-corrected chi connectivity index (χ1v) is 10.3. The van der Waals surface area contributed by atoms with Gasteiger partial charge in [0.1, 0.15) is 6.26 Å². The van der Waals surface area contributed by atoms with Gasteiger partial charge in [-0.1, -0.05) is 30.3 Å². The molecule has 7 heteroatoms. The number of thioether (sulfide) groups is 1. The highest BCUT2D eigenvalue weighted by molar-refractivity contribution is 7.98. The van der Waals surface area contributed by atoms with Gasteiger partial charge in [-0.05, 0) is 24.0 Å².